The lowest BCUT2D eigenvalue weighted by Gasteiger charge is -2.12. The quantitative estimate of drug-likeness (QED) is 0.903. The van der Waals surface area contributed by atoms with Crippen LogP contribution in [0.1, 0.15) is 40.5 Å². The van der Waals surface area contributed by atoms with Crippen molar-refractivity contribution in [1.82, 2.24) is 15.0 Å². The standard InChI is InChI=1S/C14H14F3N5O/c15-14(16,17)9-3-8(6-18)4-10(5-9)19-13(23)12-7-22(21-20-12)11-1-2-11/h3-5,7,11H,1-2,6,18H2,(H,19,23). The molecule has 0 radical (unpaired) electrons. The van der Waals surface area contributed by atoms with Crippen molar-refractivity contribution in [1.29, 1.82) is 0 Å². The van der Waals surface area contributed by atoms with Gasteiger partial charge >= 0.3 is 6.18 Å². The molecule has 3 rings (SSSR count). The summed E-state index contributed by atoms with van der Waals surface area (Å²) in [5.74, 6) is -0.612. The fourth-order valence-electron chi connectivity index (χ4n) is 2.14. The number of carbonyl (C=O) groups is 1. The van der Waals surface area contributed by atoms with Gasteiger partial charge in [-0.05, 0) is 36.6 Å². The smallest absolute Gasteiger partial charge is 0.326 e. The lowest BCUT2D eigenvalue weighted by atomic mass is 10.1. The second kappa shape index (κ2) is 5.65. The first-order chi connectivity index (χ1) is 10.9. The molecule has 9 heteroatoms. The number of amides is 1. The van der Waals surface area contributed by atoms with Crippen LogP contribution in [0.4, 0.5) is 18.9 Å². The number of carbonyl (C=O) groups excluding carboxylic acids is 1. The summed E-state index contributed by atoms with van der Waals surface area (Å²) in [6.07, 6.45) is -1.06. The molecule has 122 valence electrons. The second-order valence-electron chi connectivity index (χ2n) is 5.39. The van der Waals surface area contributed by atoms with E-state index >= 15 is 0 Å². The number of anilines is 1. The molecule has 1 amide bonds. The number of hydrogen-bond donors (Lipinski definition) is 2. The molecule has 6 nitrogen and oxygen atoms in total. The van der Waals surface area contributed by atoms with Crippen LogP contribution in [0.5, 0.6) is 0 Å². The Labute approximate surface area is 129 Å². The van der Waals surface area contributed by atoms with E-state index in [2.05, 4.69) is 15.6 Å². The number of rotatable bonds is 4. The van der Waals surface area contributed by atoms with Gasteiger partial charge in [-0.15, -0.1) is 5.10 Å². The maximum absolute atomic E-state index is 12.9. The largest absolute Gasteiger partial charge is 0.416 e. The Morgan fingerprint density at radius 3 is 2.70 bits per heavy atom. The molecule has 0 aliphatic heterocycles. The molecule has 1 saturated carbocycles. The zero-order valence-corrected chi connectivity index (χ0v) is 12.0. The molecular weight excluding hydrogens is 311 g/mol. The van der Waals surface area contributed by atoms with Gasteiger partial charge in [0.15, 0.2) is 5.69 Å². The highest BCUT2D eigenvalue weighted by atomic mass is 19.4. The summed E-state index contributed by atoms with van der Waals surface area (Å²) in [6, 6.07) is 3.49. The molecule has 3 N–H and O–H groups in total. The van der Waals surface area contributed by atoms with Gasteiger partial charge in [-0.3, -0.25) is 4.79 Å². The van der Waals surface area contributed by atoms with Gasteiger partial charge in [0.25, 0.3) is 5.91 Å². The third-order valence-electron chi connectivity index (χ3n) is 3.48. The van der Waals surface area contributed by atoms with Crippen molar-refractivity contribution in [2.45, 2.75) is 31.6 Å². The highest BCUT2D eigenvalue weighted by Gasteiger charge is 2.31. The Hall–Kier alpha value is -2.42. The van der Waals surface area contributed by atoms with Crippen molar-refractivity contribution in [3.05, 3.63) is 41.2 Å². The van der Waals surface area contributed by atoms with Crippen LogP contribution >= 0.6 is 0 Å². The first kappa shape index (κ1) is 15.5. The van der Waals surface area contributed by atoms with Crippen LogP contribution in [-0.4, -0.2) is 20.9 Å². The maximum atomic E-state index is 12.9. The van der Waals surface area contributed by atoms with Crippen LogP contribution in [0.2, 0.25) is 0 Å². The van der Waals surface area contributed by atoms with E-state index in [-0.39, 0.29) is 29.5 Å². The molecular formula is C14H14F3N5O. The van der Waals surface area contributed by atoms with E-state index in [1.165, 1.54) is 12.3 Å². The Morgan fingerprint density at radius 2 is 2.09 bits per heavy atom. The zero-order valence-electron chi connectivity index (χ0n) is 12.0. The molecule has 1 heterocycles. The number of hydrogen-bond acceptors (Lipinski definition) is 4. The molecule has 1 aromatic carbocycles. The zero-order chi connectivity index (χ0) is 16.6. The van der Waals surface area contributed by atoms with Crippen molar-refractivity contribution >= 4 is 11.6 Å². The first-order valence-corrected chi connectivity index (χ1v) is 7.01. The summed E-state index contributed by atoms with van der Waals surface area (Å²) in [5, 5.41) is 9.99. The van der Waals surface area contributed by atoms with Gasteiger partial charge in [0.2, 0.25) is 0 Å². The Morgan fingerprint density at radius 1 is 1.35 bits per heavy atom. The van der Waals surface area contributed by atoms with E-state index in [1.54, 1.807) is 4.68 Å². The molecule has 1 aromatic heterocycles. The fourth-order valence-corrected chi connectivity index (χ4v) is 2.14. The summed E-state index contributed by atoms with van der Waals surface area (Å²) in [4.78, 5) is 12.1. The van der Waals surface area contributed by atoms with Gasteiger partial charge in [-0.25, -0.2) is 4.68 Å². The number of aromatic nitrogens is 3. The Balaban J connectivity index is 1.81. The van der Waals surface area contributed by atoms with E-state index < -0.39 is 17.6 Å². The van der Waals surface area contributed by atoms with Crippen LogP contribution in [0.25, 0.3) is 0 Å². The van der Waals surface area contributed by atoms with Crippen molar-refractivity contribution in [3.63, 3.8) is 0 Å². The number of alkyl halides is 3. The minimum Gasteiger partial charge on any atom is -0.326 e. The second-order valence-corrected chi connectivity index (χ2v) is 5.39. The molecule has 1 aliphatic carbocycles. The third kappa shape index (κ3) is 3.50. The van der Waals surface area contributed by atoms with Gasteiger partial charge in [0.1, 0.15) is 0 Å². The number of benzene rings is 1. The fraction of sp³-hybridized carbons (Fsp3) is 0.357. The van der Waals surface area contributed by atoms with Crippen LogP contribution in [-0.2, 0) is 12.7 Å². The van der Waals surface area contributed by atoms with Crippen molar-refractivity contribution in [2.75, 3.05) is 5.32 Å². The summed E-state index contributed by atoms with van der Waals surface area (Å²) in [6.45, 7) is -0.0648. The number of halogens is 3. The van der Waals surface area contributed by atoms with E-state index in [0.717, 1.165) is 25.0 Å². The summed E-state index contributed by atoms with van der Waals surface area (Å²) in [7, 11) is 0. The Kier molecular flexibility index (Phi) is 3.80. The van der Waals surface area contributed by atoms with Crippen LogP contribution < -0.4 is 11.1 Å². The molecule has 0 unspecified atom stereocenters. The van der Waals surface area contributed by atoms with Crippen molar-refractivity contribution in [3.8, 4) is 0 Å². The first-order valence-electron chi connectivity index (χ1n) is 7.01. The average molecular weight is 325 g/mol. The number of nitrogens with one attached hydrogen (secondary N) is 1. The highest BCUT2D eigenvalue weighted by Crippen LogP contribution is 2.34. The van der Waals surface area contributed by atoms with E-state index in [4.69, 9.17) is 5.73 Å². The maximum Gasteiger partial charge on any atom is 0.416 e. The lowest BCUT2D eigenvalue weighted by molar-refractivity contribution is -0.137. The minimum atomic E-state index is -4.51. The van der Waals surface area contributed by atoms with Crippen LogP contribution in [0.3, 0.4) is 0 Å². The minimum absolute atomic E-state index is 0.0197. The van der Waals surface area contributed by atoms with Gasteiger partial charge in [0, 0.05) is 12.2 Å². The van der Waals surface area contributed by atoms with Crippen molar-refractivity contribution in [2.24, 2.45) is 5.73 Å². The van der Waals surface area contributed by atoms with E-state index in [0.29, 0.717) is 0 Å². The lowest BCUT2D eigenvalue weighted by Crippen LogP contribution is -2.15. The summed E-state index contributed by atoms with van der Waals surface area (Å²) >= 11 is 0. The van der Waals surface area contributed by atoms with Gasteiger partial charge in [-0.1, -0.05) is 5.21 Å². The highest BCUT2D eigenvalue weighted by molar-refractivity contribution is 6.02. The van der Waals surface area contributed by atoms with Gasteiger partial charge in [0.05, 0.1) is 17.8 Å². The molecule has 0 bridgehead atoms. The number of nitrogens with two attached hydrogens (primary N) is 1. The van der Waals surface area contributed by atoms with Crippen LogP contribution in [0, 0.1) is 0 Å². The molecule has 2 aromatic rings. The number of nitrogens with zero attached hydrogens (tertiary/aromatic N) is 3. The molecule has 1 fully saturated rings. The van der Waals surface area contributed by atoms with Gasteiger partial charge in [-0.2, -0.15) is 13.2 Å². The molecule has 0 spiro atoms. The van der Waals surface area contributed by atoms with E-state index in [9.17, 15) is 18.0 Å². The third-order valence-corrected chi connectivity index (χ3v) is 3.48. The predicted octanol–water partition coefficient (Wildman–Crippen LogP) is 2.34. The summed E-state index contributed by atoms with van der Waals surface area (Å²) in [5.41, 5.74) is 4.90. The SMILES string of the molecule is NCc1cc(NC(=O)c2cn(C3CC3)nn2)cc(C(F)(F)F)c1. The van der Waals surface area contributed by atoms with E-state index in [1.807, 2.05) is 0 Å². The Bertz CT molecular complexity index is 736. The average Bonchev–Trinajstić information content (AvgIpc) is 3.23. The van der Waals surface area contributed by atoms with Crippen molar-refractivity contribution < 1.29 is 18.0 Å². The van der Waals surface area contributed by atoms with Gasteiger partial charge < -0.3 is 11.1 Å². The van der Waals surface area contributed by atoms with Crippen LogP contribution in [0.15, 0.2) is 24.4 Å². The topological polar surface area (TPSA) is 85.8 Å². The summed E-state index contributed by atoms with van der Waals surface area (Å²) < 4.78 is 40.2. The molecule has 1 aliphatic rings. The molecule has 0 saturated heterocycles. The molecule has 0 atom stereocenters. The molecule has 23 heavy (non-hydrogen) atoms. The monoisotopic (exact) mass is 325 g/mol. The predicted molar refractivity (Wildman–Crippen MR) is 75.6 cm³/mol. The normalized spacial score (nSPS) is 14.8.